The van der Waals surface area contributed by atoms with Gasteiger partial charge in [0.05, 0.1) is 0 Å². The molecule has 0 spiro atoms. The van der Waals surface area contributed by atoms with Gasteiger partial charge in [0.15, 0.2) is 0 Å². The van der Waals surface area contributed by atoms with E-state index in [-0.39, 0.29) is 5.75 Å². The predicted molar refractivity (Wildman–Crippen MR) is 65.7 cm³/mol. The lowest BCUT2D eigenvalue weighted by atomic mass is 10.2. The second kappa shape index (κ2) is 6.42. The first-order valence-electron chi connectivity index (χ1n) is 5.37. The summed E-state index contributed by atoms with van der Waals surface area (Å²) in [5.74, 6) is 0.208. The second-order valence-electron chi connectivity index (χ2n) is 3.52. The van der Waals surface area contributed by atoms with Crippen LogP contribution in [0.2, 0.25) is 0 Å². The molecule has 0 amide bonds. The number of thiazole rings is 1. The van der Waals surface area contributed by atoms with Gasteiger partial charge in [-0.2, -0.15) is 8.78 Å². The minimum Gasteiger partial charge on any atom is -0.434 e. The average Bonchev–Trinajstić information content (AvgIpc) is 2.84. The molecular formula is C12H12F2N2OS. The molecule has 1 aromatic heterocycles. The Balaban J connectivity index is 1.92. The van der Waals surface area contributed by atoms with Crippen LogP contribution in [0.25, 0.3) is 0 Å². The Labute approximate surface area is 107 Å². The van der Waals surface area contributed by atoms with Crippen LogP contribution in [0.4, 0.5) is 8.78 Å². The highest BCUT2D eigenvalue weighted by Gasteiger charge is 2.08. The third-order valence-corrected chi connectivity index (χ3v) is 3.04. The Morgan fingerprint density at radius 1 is 1.28 bits per heavy atom. The molecule has 18 heavy (non-hydrogen) atoms. The van der Waals surface area contributed by atoms with E-state index in [0.29, 0.717) is 18.7 Å². The Bertz CT molecular complexity index is 477. The number of halogens is 2. The van der Waals surface area contributed by atoms with Crippen LogP contribution in [0.15, 0.2) is 35.8 Å². The number of rotatable bonds is 6. The topological polar surface area (TPSA) is 34.1 Å². The smallest absolute Gasteiger partial charge is 0.387 e. The van der Waals surface area contributed by atoms with Gasteiger partial charge in [-0.15, -0.1) is 11.3 Å². The molecule has 2 aromatic rings. The number of alkyl halides is 2. The van der Waals surface area contributed by atoms with Crippen LogP contribution in [0.5, 0.6) is 5.75 Å². The van der Waals surface area contributed by atoms with Crippen molar-refractivity contribution >= 4 is 11.3 Å². The summed E-state index contributed by atoms with van der Waals surface area (Å²) in [4.78, 5) is 4.12. The third-order valence-electron chi connectivity index (χ3n) is 2.26. The maximum atomic E-state index is 12.2. The molecule has 3 nitrogen and oxygen atoms in total. The van der Waals surface area contributed by atoms with Gasteiger partial charge in [-0.05, 0) is 6.07 Å². The highest BCUT2D eigenvalue weighted by atomic mass is 32.1. The molecule has 6 heteroatoms. The van der Waals surface area contributed by atoms with Gasteiger partial charge >= 0.3 is 6.61 Å². The van der Waals surface area contributed by atoms with E-state index in [1.165, 1.54) is 6.07 Å². The van der Waals surface area contributed by atoms with Crippen LogP contribution in [0.1, 0.15) is 10.6 Å². The normalized spacial score (nSPS) is 10.8. The number of ether oxygens (including phenoxy) is 1. The Morgan fingerprint density at radius 3 is 2.83 bits per heavy atom. The molecule has 0 saturated carbocycles. The molecule has 0 bridgehead atoms. The van der Waals surface area contributed by atoms with Crippen molar-refractivity contribution in [2.75, 3.05) is 0 Å². The predicted octanol–water partition coefficient (Wildman–Crippen LogP) is 3.03. The molecule has 0 aliphatic heterocycles. The first kappa shape index (κ1) is 12.9. The van der Waals surface area contributed by atoms with Gasteiger partial charge in [-0.1, -0.05) is 18.2 Å². The minimum absolute atomic E-state index is 0.208. The quantitative estimate of drug-likeness (QED) is 0.876. The minimum atomic E-state index is -2.80. The van der Waals surface area contributed by atoms with E-state index >= 15 is 0 Å². The molecule has 0 unspecified atom stereocenters. The molecule has 2 rings (SSSR count). The standard InChI is InChI=1S/C12H12F2N2OS/c13-12(14)17-10-4-2-1-3-9(10)7-15-8-11-16-5-6-18-11/h1-6,12,15H,7-8H2. The van der Waals surface area contributed by atoms with Crippen LogP contribution in [0.3, 0.4) is 0 Å². The molecule has 1 N–H and O–H groups in total. The van der Waals surface area contributed by atoms with Crippen molar-refractivity contribution in [3.8, 4) is 5.75 Å². The summed E-state index contributed by atoms with van der Waals surface area (Å²) in [6.45, 7) is -1.73. The fourth-order valence-corrected chi connectivity index (χ4v) is 2.09. The zero-order valence-corrected chi connectivity index (χ0v) is 10.3. The fourth-order valence-electron chi connectivity index (χ4n) is 1.51. The van der Waals surface area contributed by atoms with Crippen molar-refractivity contribution < 1.29 is 13.5 Å². The van der Waals surface area contributed by atoms with E-state index in [9.17, 15) is 8.78 Å². The van der Waals surface area contributed by atoms with Gasteiger partial charge in [-0.3, -0.25) is 0 Å². The van der Waals surface area contributed by atoms with Crippen LogP contribution >= 0.6 is 11.3 Å². The number of hydrogen-bond donors (Lipinski definition) is 1. The van der Waals surface area contributed by atoms with Crippen molar-refractivity contribution in [3.63, 3.8) is 0 Å². The molecule has 1 heterocycles. The summed E-state index contributed by atoms with van der Waals surface area (Å²) in [6.07, 6.45) is 1.73. The van der Waals surface area contributed by atoms with Gasteiger partial charge < -0.3 is 10.1 Å². The van der Waals surface area contributed by atoms with Gasteiger partial charge in [0, 0.05) is 30.2 Å². The lowest BCUT2D eigenvalue weighted by Gasteiger charge is -2.10. The van der Waals surface area contributed by atoms with Crippen molar-refractivity contribution in [1.29, 1.82) is 0 Å². The van der Waals surface area contributed by atoms with Crippen molar-refractivity contribution in [3.05, 3.63) is 46.4 Å². The summed E-state index contributed by atoms with van der Waals surface area (Å²) in [7, 11) is 0. The Morgan fingerprint density at radius 2 is 2.11 bits per heavy atom. The Kier molecular flexibility index (Phi) is 4.60. The summed E-state index contributed by atoms with van der Waals surface area (Å²) in [6, 6.07) is 6.75. The highest BCUT2D eigenvalue weighted by molar-refractivity contribution is 7.09. The molecule has 0 fully saturated rings. The SMILES string of the molecule is FC(F)Oc1ccccc1CNCc1nccs1. The lowest BCUT2D eigenvalue weighted by Crippen LogP contribution is -2.14. The maximum absolute atomic E-state index is 12.2. The lowest BCUT2D eigenvalue weighted by molar-refractivity contribution is -0.0505. The molecule has 0 radical (unpaired) electrons. The van der Waals surface area contributed by atoms with E-state index in [1.807, 2.05) is 5.38 Å². The summed E-state index contributed by atoms with van der Waals surface area (Å²) >= 11 is 1.55. The van der Waals surface area contributed by atoms with Crippen molar-refractivity contribution in [2.45, 2.75) is 19.7 Å². The van der Waals surface area contributed by atoms with Crippen molar-refractivity contribution in [1.82, 2.24) is 10.3 Å². The average molecular weight is 270 g/mol. The van der Waals surface area contributed by atoms with Gasteiger partial charge in [0.1, 0.15) is 10.8 Å². The van der Waals surface area contributed by atoms with E-state index in [1.54, 1.807) is 35.7 Å². The number of benzene rings is 1. The van der Waals surface area contributed by atoms with E-state index in [0.717, 1.165) is 5.01 Å². The van der Waals surface area contributed by atoms with Crippen LogP contribution in [0, 0.1) is 0 Å². The third kappa shape index (κ3) is 3.75. The first-order chi connectivity index (χ1) is 8.75. The van der Waals surface area contributed by atoms with E-state index in [4.69, 9.17) is 0 Å². The zero-order valence-electron chi connectivity index (χ0n) is 9.48. The number of nitrogens with one attached hydrogen (secondary N) is 1. The summed E-state index contributed by atoms with van der Waals surface area (Å²) in [5, 5.41) is 5.99. The molecule has 1 aromatic carbocycles. The molecule has 0 aliphatic rings. The van der Waals surface area contributed by atoms with Crippen LogP contribution in [-0.2, 0) is 13.1 Å². The molecule has 96 valence electrons. The molecular weight excluding hydrogens is 258 g/mol. The van der Waals surface area contributed by atoms with Gasteiger partial charge in [0.2, 0.25) is 0 Å². The highest BCUT2D eigenvalue weighted by Crippen LogP contribution is 2.20. The number of hydrogen-bond acceptors (Lipinski definition) is 4. The number of para-hydroxylation sites is 1. The molecule has 0 saturated heterocycles. The largest absolute Gasteiger partial charge is 0.434 e. The number of aromatic nitrogens is 1. The zero-order chi connectivity index (χ0) is 12.8. The van der Waals surface area contributed by atoms with Gasteiger partial charge in [0.25, 0.3) is 0 Å². The number of nitrogens with zero attached hydrogens (tertiary/aromatic N) is 1. The monoisotopic (exact) mass is 270 g/mol. The van der Waals surface area contributed by atoms with E-state index in [2.05, 4.69) is 15.0 Å². The maximum Gasteiger partial charge on any atom is 0.387 e. The van der Waals surface area contributed by atoms with E-state index < -0.39 is 6.61 Å². The van der Waals surface area contributed by atoms with Crippen LogP contribution in [-0.4, -0.2) is 11.6 Å². The fraction of sp³-hybridized carbons (Fsp3) is 0.250. The van der Waals surface area contributed by atoms with Gasteiger partial charge in [-0.25, -0.2) is 4.98 Å². The summed E-state index contributed by atoms with van der Waals surface area (Å²) < 4.78 is 28.8. The second-order valence-corrected chi connectivity index (χ2v) is 4.49. The van der Waals surface area contributed by atoms with Crippen molar-refractivity contribution in [2.24, 2.45) is 0 Å². The Hall–Kier alpha value is -1.53. The first-order valence-corrected chi connectivity index (χ1v) is 6.25. The molecule has 0 aliphatic carbocycles. The summed E-state index contributed by atoms with van der Waals surface area (Å²) in [5.41, 5.74) is 0.703. The van der Waals surface area contributed by atoms with Crippen LogP contribution < -0.4 is 10.1 Å². The molecule has 0 atom stereocenters.